The number of halogens is 1. The molecule has 1 fully saturated rings. The van der Waals surface area contributed by atoms with Crippen molar-refractivity contribution >= 4 is 24.4 Å². The summed E-state index contributed by atoms with van der Waals surface area (Å²) in [5.74, 6) is 1.54. The largest absolute Gasteiger partial charge is 0.497 e. The van der Waals surface area contributed by atoms with Crippen LogP contribution >= 0.6 is 11.6 Å². The number of allylic oxidation sites excluding steroid dienone is 4. The molecule has 2 N–H and O–H groups in total. The van der Waals surface area contributed by atoms with Crippen molar-refractivity contribution in [2.75, 3.05) is 6.61 Å². The van der Waals surface area contributed by atoms with Gasteiger partial charge in [0.15, 0.2) is 0 Å². The number of aryl methyl sites for hydroxylation is 1. The predicted octanol–water partition coefficient (Wildman–Crippen LogP) is 6.16. The Morgan fingerprint density at radius 2 is 2.17 bits per heavy atom. The van der Waals surface area contributed by atoms with Gasteiger partial charge in [0, 0.05) is 35.0 Å². The lowest BCUT2D eigenvalue weighted by molar-refractivity contribution is -0.0358. The van der Waals surface area contributed by atoms with Gasteiger partial charge in [0.1, 0.15) is 5.76 Å². The Bertz CT molecular complexity index is 891. The molecule has 0 amide bonds. The highest BCUT2D eigenvalue weighted by Gasteiger charge is 2.42. The molecule has 0 aromatic carbocycles. The van der Waals surface area contributed by atoms with E-state index in [1.54, 1.807) is 6.20 Å². The number of aromatic amines is 1. The van der Waals surface area contributed by atoms with Crippen LogP contribution in [0.4, 0.5) is 0 Å². The van der Waals surface area contributed by atoms with Gasteiger partial charge < -0.3 is 14.8 Å². The first-order valence-corrected chi connectivity index (χ1v) is 11.2. The maximum Gasteiger partial charge on any atom is 0.103 e. The van der Waals surface area contributed by atoms with E-state index in [1.165, 1.54) is 0 Å². The standard InChI is InChI=1S/C25H35ClN2O2/c1-16(2)25(29,14-21-12-18(7-9-27-6)17(3)28-21)15-24(4,5)22-13-20(26)11-19-8-10-30-23(19)22/h7,9,12-13,16,19,28-29H,6,8,10-11,14-15H2,1-5H3/b9-7-. The van der Waals surface area contributed by atoms with E-state index in [4.69, 9.17) is 16.3 Å². The third-order valence-corrected chi connectivity index (χ3v) is 6.88. The molecule has 30 heavy (non-hydrogen) atoms. The fourth-order valence-electron chi connectivity index (χ4n) is 4.81. The number of ether oxygens (including phenoxy) is 1. The van der Waals surface area contributed by atoms with Crippen LogP contribution in [-0.4, -0.2) is 29.0 Å². The first-order valence-electron chi connectivity index (χ1n) is 10.8. The maximum atomic E-state index is 11.8. The Labute approximate surface area is 185 Å². The third kappa shape index (κ3) is 4.76. The average Bonchev–Trinajstić information content (AvgIpc) is 3.24. The van der Waals surface area contributed by atoms with E-state index in [1.807, 2.05) is 13.0 Å². The molecule has 1 saturated heterocycles. The fourth-order valence-corrected chi connectivity index (χ4v) is 5.11. The van der Waals surface area contributed by atoms with Gasteiger partial charge in [-0.2, -0.15) is 0 Å². The molecule has 3 rings (SSSR count). The van der Waals surface area contributed by atoms with E-state index in [9.17, 15) is 5.11 Å². The van der Waals surface area contributed by atoms with Crippen LogP contribution in [0, 0.1) is 24.2 Å². The number of rotatable bonds is 8. The lowest BCUT2D eigenvalue weighted by Crippen LogP contribution is -2.42. The Morgan fingerprint density at radius 1 is 1.43 bits per heavy atom. The normalized spacial score (nSPS) is 21.6. The van der Waals surface area contributed by atoms with Crippen molar-refractivity contribution < 1.29 is 9.84 Å². The zero-order chi connectivity index (χ0) is 22.1. The molecule has 5 heteroatoms. The Morgan fingerprint density at radius 3 is 2.83 bits per heavy atom. The number of nitrogens with one attached hydrogen (secondary N) is 1. The van der Waals surface area contributed by atoms with Crippen molar-refractivity contribution in [2.45, 2.75) is 65.9 Å². The summed E-state index contributed by atoms with van der Waals surface area (Å²) >= 11 is 6.49. The fraction of sp³-hybridized carbons (Fsp3) is 0.560. The Hall–Kier alpha value is -1.78. The molecular weight excluding hydrogens is 396 g/mol. The molecule has 0 spiro atoms. The summed E-state index contributed by atoms with van der Waals surface area (Å²) in [4.78, 5) is 7.22. The highest BCUT2D eigenvalue weighted by Crippen LogP contribution is 2.48. The van der Waals surface area contributed by atoms with E-state index in [2.05, 4.69) is 56.5 Å². The molecular formula is C25H35ClN2O2. The Kier molecular flexibility index (Phi) is 6.69. The van der Waals surface area contributed by atoms with Crippen LogP contribution in [0.5, 0.6) is 0 Å². The predicted molar refractivity (Wildman–Crippen MR) is 126 cm³/mol. The van der Waals surface area contributed by atoms with Crippen LogP contribution < -0.4 is 0 Å². The SMILES string of the molecule is C=N/C=C\c1cc(CC(O)(CC(C)(C)C2=C3OCCC3CC(Cl)=C2)C(C)C)[nH]c1C. The van der Waals surface area contributed by atoms with Gasteiger partial charge in [0.25, 0.3) is 0 Å². The lowest BCUT2D eigenvalue weighted by atomic mass is 9.68. The zero-order valence-corrected chi connectivity index (χ0v) is 19.6. The average molecular weight is 431 g/mol. The Balaban J connectivity index is 1.89. The van der Waals surface area contributed by atoms with Gasteiger partial charge in [-0.3, -0.25) is 4.99 Å². The molecule has 1 aromatic heterocycles. The lowest BCUT2D eigenvalue weighted by Gasteiger charge is -2.41. The van der Waals surface area contributed by atoms with Gasteiger partial charge in [-0.15, -0.1) is 0 Å². The molecule has 0 radical (unpaired) electrons. The van der Waals surface area contributed by atoms with Crippen molar-refractivity contribution in [1.82, 2.24) is 4.98 Å². The zero-order valence-electron chi connectivity index (χ0n) is 18.9. The van der Waals surface area contributed by atoms with Gasteiger partial charge in [0.2, 0.25) is 0 Å². The molecule has 2 unspecified atom stereocenters. The highest BCUT2D eigenvalue weighted by atomic mass is 35.5. The van der Waals surface area contributed by atoms with Crippen molar-refractivity contribution in [2.24, 2.45) is 22.2 Å². The van der Waals surface area contributed by atoms with Gasteiger partial charge in [0.05, 0.1) is 12.2 Å². The van der Waals surface area contributed by atoms with Crippen LogP contribution in [0.25, 0.3) is 6.08 Å². The number of aliphatic imine (C=N–C) groups is 1. The number of H-pyrrole nitrogens is 1. The van der Waals surface area contributed by atoms with E-state index in [-0.39, 0.29) is 11.3 Å². The van der Waals surface area contributed by atoms with E-state index in [0.29, 0.717) is 18.8 Å². The molecule has 1 aliphatic carbocycles. The van der Waals surface area contributed by atoms with Crippen LogP contribution in [0.2, 0.25) is 0 Å². The van der Waals surface area contributed by atoms with Crippen LogP contribution in [0.1, 0.15) is 63.9 Å². The summed E-state index contributed by atoms with van der Waals surface area (Å²) in [6.45, 7) is 14.8. The second-order valence-corrected chi connectivity index (χ2v) is 10.3. The molecule has 2 aliphatic rings. The summed E-state index contributed by atoms with van der Waals surface area (Å²) in [5.41, 5.74) is 3.14. The summed E-state index contributed by atoms with van der Waals surface area (Å²) in [6.07, 6.45) is 8.73. The smallest absolute Gasteiger partial charge is 0.103 e. The monoisotopic (exact) mass is 430 g/mol. The van der Waals surface area contributed by atoms with Crippen molar-refractivity contribution in [3.63, 3.8) is 0 Å². The summed E-state index contributed by atoms with van der Waals surface area (Å²) in [7, 11) is 0. The first kappa shape index (κ1) is 22.9. The second kappa shape index (κ2) is 8.76. The minimum Gasteiger partial charge on any atom is -0.497 e. The van der Waals surface area contributed by atoms with Crippen LogP contribution in [-0.2, 0) is 11.2 Å². The topological polar surface area (TPSA) is 57.6 Å². The van der Waals surface area contributed by atoms with E-state index >= 15 is 0 Å². The number of hydrogen-bond donors (Lipinski definition) is 2. The van der Waals surface area contributed by atoms with Crippen molar-refractivity contribution in [3.05, 3.63) is 51.7 Å². The van der Waals surface area contributed by atoms with Gasteiger partial charge in [-0.05, 0) is 73.6 Å². The number of aromatic nitrogens is 1. The second-order valence-electron chi connectivity index (χ2n) is 9.78. The number of nitrogens with zero attached hydrogens (tertiary/aromatic N) is 1. The summed E-state index contributed by atoms with van der Waals surface area (Å²) in [5, 5.41) is 12.7. The number of hydrogen-bond acceptors (Lipinski definition) is 3. The number of fused-ring (bicyclic) bond motifs is 1. The van der Waals surface area contributed by atoms with E-state index < -0.39 is 5.60 Å². The van der Waals surface area contributed by atoms with Gasteiger partial charge in [-0.25, -0.2) is 0 Å². The van der Waals surface area contributed by atoms with Crippen molar-refractivity contribution in [3.8, 4) is 0 Å². The van der Waals surface area contributed by atoms with Crippen LogP contribution in [0.3, 0.4) is 0 Å². The molecule has 0 bridgehead atoms. The van der Waals surface area contributed by atoms with Gasteiger partial charge >= 0.3 is 0 Å². The number of aliphatic hydroxyl groups is 1. The molecule has 1 aliphatic heterocycles. The van der Waals surface area contributed by atoms with Crippen LogP contribution in [0.15, 0.2) is 39.7 Å². The molecule has 0 saturated carbocycles. The molecule has 1 aromatic rings. The molecule has 164 valence electrons. The molecule has 4 nitrogen and oxygen atoms in total. The minimum atomic E-state index is -0.877. The minimum absolute atomic E-state index is 0.0863. The van der Waals surface area contributed by atoms with Gasteiger partial charge in [-0.1, -0.05) is 39.3 Å². The molecule has 2 heterocycles. The quantitative estimate of drug-likeness (QED) is 0.485. The summed E-state index contributed by atoms with van der Waals surface area (Å²) < 4.78 is 6.02. The highest BCUT2D eigenvalue weighted by molar-refractivity contribution is 6.29. The summed E-state index contributed by atoms with van der Waals surface area (Å²) in [6, 6.07) is 2.09. The van der Waals surface area contributed by atoms with Crippen molar-refractivity contribution in [1.29, 1.82) is 0 Å². The van der Waals surface area contributed by atoms with E-state index in [0.717, 1.165) is 52.8 Å². The molecule has 2 atom stereocenters. The third-order valence-electron chi connectivity index (χ3n) is 6.62. The maximum absolute atomic E-state index is 11.8. The first-order chi connectivity index (χ1) is 14.1.